The van der Waals surface area contributed by atoms with Gasteiger partial charge >= 0.3 is 5.97 Å². The predicted molar refractivity (Wildman–Crippen MR) is 102 cm³/mol. The van der Waals surface area contributed by atoms with E-state index in [0.717, 1.165) is 51.1 Å². The standard InChI is InChI=1S/C19H29N5O3/c1-22-9-2-6-19(17(26)27)7-12-24(13-15(19)22)18-20-8-3-16(21-18)23-10-4-14(25)5-11-23/h3,8,14-15,25H,2,4-7,9-13H2,1H3,(H,26,27)/t15-,19-/m0/s1. The number of hydrogen-bond donors (Lipinski definition) is 2. The van der Waals surface area contributed by atoms with Crippen molar-refractivity contribution in [3.8, 4) is 0 Å². The van der Waals surface area contributed by atoms with Crippen molar-refractivity contribution in [3.05, 3.63) is 12.3 Å². The molecule has 4 rings (SSSR count). The zero-order chi connectivity index (χ0) is 19.0. The first-order chi connectivity index (χ1) is 13.0. The van der Waals surface area contributed by atoms with Gasteiger partial charge in [-0.05, 0) is 51.8 Å². The number of aromatic nitrogens is 2. The number of aliphatic carboxylic acids is 1. The molecule has 0 bridgehead atoms. The first kappa shape index (κ1) is 18.4. The Morgan fingerprint density at radius 1 is 1.19 bits per heavy atom. The molecule has 0 amide bonds. The average Bonchev–Trinajstić information content (AvgIpc) is 2.68. The second kappa shape index (κ2) is 7.24. The Labute approximate surface area is 159 Å². The Morgan fingerprint density at radius 3 is 2.70 bits per heavy atom. The molecule has 1 aromatic rings. The molecule has 0 aromatic carbocycles. The minimum Gasteiger partial charge on any atom is -0.481 e. The van der Waals surface area contributed by atoms with Crippen molar-refractivity contribution in [2.24, 2.45) is 5.41 Å². The fourth-order valence-electron chi connectivity index (χ4n) is 4.93. The number of rotatable bonds is 3. The van der Waals surface area contributed by atoms with Gasteiger partial charge in [-0.25, -0.2) is 4.98 Å². The second-order valence-electron chi connectivity index (χ2n) is 8.19. The van der Waals surface area contributed by atoms with Crippen LogP contribution in [0.4, 0.5) is 11.8 Å². The quantitative estimate of drug-likeness (QED) is 0.802. The highest BCUT2D eigenvalue weighted by atomic mass is 16.4. The molecular weight excluding hydrogens is 346 g/mol. The number of anilines is 2. The maximum Gasteiger partial charge on any atom is 0.311 e. The fraction of sp³-hybridized carbons (Fsp3) is 0.737. The third-order valence-electron chi connectivity index (χ3n) is 6.65. The average molecular weight is 375 g/mol. The van der Waals surface area contributed by atoms with Crippen LogP contribution in [0, 0.1) is 5.41 Å². The van der Waals surface area contributed by atoms with Crippen LogP contribution < -0.4 is 9.80 Å². The lowest BCUT2D eigenvalue weighted by Gasteiger charge is -2.51. The number of carbonyl (C=O) groups is 1. The number of piperidine rings is 3. The summed E-state index contributed by atoms with van der Waals surface area (Å²) in [5.41, 5.74) is -0.649. The summed E-state index contributed by atoms with van der Waals surface area (Å²) in [6.45, 7) is 3.84. The van der Waals surface area contributed by atoms with Gasteiger partial charge in [0.25, 0.3) is 0 Å². The summed E-state index contributed by atoms with van der Waals surface area (Å²) in [4.78, 5) is 27.8. The third-order valence-corrected chi connectivity index (χ3v) is 6.65. The molecule has 27 heavy (non-hydrogen) atoms. The van der Waals surface area contributed by atoms with Crippen molar-refractivity contribution in [2.45, 2.75) is 44.2 Å². The molecule has 2 atom stereocenters. The van der Waals surface area contributed by atoms with Crippen molar-refractivity contribution in [2.75, 3.05) is 49.6 Å². The van der Waals surface area contributed by atoms with Gasteiger partial charge in [0.15, 0.2) is 0 Å². The molecule has 8 nitrogen and oxygen atoms in total. The Bertz CT molecular complexity index is 694. The van der Waals surface area contributed by atoms with Crippen LogP contribution in [0.1, 0.15) is 32.1 Å². The Morgan fingerprint density at radius 2 is 1.96 bits per heavy atom. The lowest BCUT2D eigenvalue weighted by molar-refractivity contribution is -0.158. The summed E-state index contributed by atoms with van der Waals surface area (Å²) in [5.74, 6) is 0.899. The van der Waals surface area contributed by atoms with Crippen LogP contribution in [0.25, 0.3) is 0 Å². The predicted octanol–water partition coefficient (Wildman–Crippen LogP) is 0.813. The topological polar surface area (TPSA) is 93.0 Å². The zero-order valence-corrected chi connectivity index (χ0v) is 15.9. The van der Waals surface area contributed by atoms with Crippen LogP contribution >= 0.6 is 0 Å². The number of carboxylic acid groups (broad SMARTS) is 1. The Kier molecular flexibility index (Phi) is 4.94. The van der Waals surface area contributed by atoms with Crippen molar-refractivity contribution in [1.29, 1.82) is 0 Å². The summed E-state index contributed by atoms with van der Waals surface area (Å²) in [5, 5.41) is 19.6. The number of likely N-dealkylation sites (tertiary alicyclic amines) is 1. The van der Waals surface area contributed by atoms with Gasteiger partial charge in [-0.15, -0.1) is 0 Å². The minimum absolute atomic E-state index is 0.0186. The molecule has 0 saturated carbocycles. The summed E-state index contributed by atoms with van der Waals surface area (Å²) in [6, 6.07) is 1.90. The smallest absolute Gasteiger partial charge is 0.311 e. The fourth-order valence-corrected chi connectivity index (χ4v) is 4.93. The molecule has 8 heteroatoms. The monoisotopic (exact) mass is 375 g/mol. The number of aliphatic hydroxyl groups is 1. The van der Waals surface area contributed by atoms with E-state index in [2.05, 4.69) is 19.7 Å². The van der Waals surface area contributed by atoms with E-state index >= 15 is 0 Å². The van der Waals surface area contributed by atoms with Crippen LogP contribution in [-0.2, 0) is 4.79 Å². The molecule has 0 aliphatic carbocycles. The molecule has 1 aromatic heterocycles. The number of carboxylic acids is 1. The molecule has 0 spiro atoms. The number of nitrogens with zero attached hydrogens (tertiary/aromatic N) is 5. The van der Waals surface area contributed by atoms with Gasteiger partial charge in [0.2, 0.25) is 5.95 Å². The van der Waals surface area contributed by atoms with Gasteiger partial charge in [-0.3, -0.25) is 4.79 Å². The van der Waals surface area contributed by atoms with Gasteiger partial charge in [-0.2, -0.15) is 4.98 Å². The highest BCUT2D eigenvalue weighted by Gasteiger charge is 2.52. The molecule has 3 fully saturated rings. The van der Waals surface area contributed by atoms with Crippen LogP contribution in [-0.4, -0.2) is 83.0 Å². The molecule has 0 unspecified atom stereocenters. The van der Waals surface area contributed by atoms with E-state index in [4.69, 9.17) is 4.98 Å². The Hall–Kier alpha value is -1.93. The largest absolute Gasteiger partial charge is 0.481 e. The molecule has 4 heterocycles. The second-order valence-corrected chi connectivity index (χ2v) is 8.19. The molecule has 3 saturated heterocycles. The van der Waals surface area contributed by atoms with Gasteiger partial charge in [0.05, 0.1) is 11.5 Å². The molecule has 0 radical (unpaired) electrons. The van der Waals surface area contributed by atoms with Gasteiger partial charge in [0, 0.05) is 38.4 Å². The maximum atomic E-state index is 12.1. The summed E-state index contributed by atoms with van der Waals surface area (Å²) in [7, 11) is 2.03. The van der Waals surface area contributed by atoms with Crippen LogP contribution in [0.2, 0.25) is 0 Å². The van der Waals surface area contributed by atoms with Crippen molar-refractivity contribution in [1.82, 2.24) is 14.9 Å². The normalized spacial score (nSPS) is 30.2. The molecule has 3 aliphatic heterocycles. The van der Waals surface area contributed by atoms with E-state index in [1.807, 2.05) is 13.1 Å². The number of hydrogen-bond acceptors (Lipinski definition) is 7. The first-order valence-corrected chi connectivity index (χ1v) is 9.94. The summed E-state index contributed by atoms with van der Waals surface area (Å²) < 4.78 is 0. The van der Waals surface area contributed by atoms with Gasteiger partial charge < -0.3 is 24.9 Å². The van der Waals surface area contributed by atoms with E-state index in [1.165, 1.54) is 0 Å². The van der Waals surface area contributed by atoms with E-state index in [0.29, 0.717) is 25.5 Å². The lowest BCUT2D eigenvalue weighted by atomic mass is 9.68. The van der Waals surface area contributed by atoms with Crippen molar-refractivity contribution < 1.29 is 15.0 Å². The number of aliphatic hydroxyl groups excluding tert-OH is 1. The van der Waals surface area contributed by atoms with E-state index in [1.54, 1.807) is 6.20 Å². The van der Waals surface area contributed by atoms with E-state index < -0.39 is 11.4 Å². The maximum absolute atomic E-state index is 12.1. The van der Waals surface area contributed by atoms with Gasteiger partial charge in [0.1, 0.15) is 5.82 Å². The molecular formula is C19H29N5O3. The van der Waals surface area contributed by atoms with Crippen LogP contribution in [0.5, 0.6) is 0 Å². The molecule has 2 N–H and O–H groups in total. The third kappa shape index (κ3) is 3.36. The number of fused-ring (bicyclic) bond motifs is 1. The molecule has 3 aliphatic rings. The van der Waals surface area contributed by atoms with Crippen LogP contribution in [0.15, 0.2) is 12.3 Å². The lowest BCUT2D eigenvalue weighted by Crippen LogP contribution is -2.63. The number of likely N-dealkylation sites (N-methyl/N-ethyl adjacent to an activating group) is 1. The minimum atomic E-state index is -0.666. The Balaban J connectivity index is 1.53. The zero-order valence-electron chi connectivity index (χ0n) is 15.9. The first-order valence-electron chi connectivity index (χ1n) is 9.94. The van der Waals surface area contributed by atoms with Gasteiger partial charge in [-0.1, -0.05) is 0 Å². The SMILES string of the molecule is CN1CCC[C@]2(C(=O)O)CCN(c3nccc(N4CCC(O)CC4)n3)C[C@H]12. The van der Waals surface area contributed by atoms with E-state index in [9.17, 15) is 15.0 Å². The van der Waals surface area contributed by atoms with Crippen molar-refractivity contribution >= 4 is 17.7 Å². The van der Waals surface area contributed by atoms with E-state index in [-0.39, 0.29) is 12.1 Å². The van der Waals surface area contributed by atoms with Crippen molar-refractivity contribution in [3.63, 3.8) is 0 Å². The highest BCUT2D eigenvalue weighted by Crippen LogP contribution is 2.42. The molecule has 148 valence electrons. The van der Waals surface area contributed by atoms with Crippen LogP contribution in [0.3, 0.4) is 0 Å². The summed E-state index contributed by atoms with van der Waals surface area (Å²) in [6.07, 6.45) is 5.41. The highest BCUT2D eigenvalue weighted by molar-refractivity contribution is 5.76. The summed E-state index contributed by atoms with van der Waals surface area (Å²) >= 11 is 0.